The molecule has 1 aromatic heterocycles. The van der Waals surface area contributed by atoms with E-state index >= 15 is 0 Å². The summed E-state index contributed by atoms with van der Waals surface area (Å²) in [6, 6.07) is 17.8. The van der Waals surface area contributed by atoms with Crippen LogP contribution in [0.15, 0.2) is 77.7 Å². The minimum absolute atomic E-state index is 0.226. The molecule has 0 saturated carbocycles. The molecule has 0 radical (unpaired) electrons. The fourth-order valence-corrected chi connectivity index (χ4v) is 2.30. The van der Waals surface area contributed by atoms with Crippen molar-refractivity contribution in [2.45, 2.75) is 6.54 Å². The van der Waals surface area contributed by atoms with Gasteiger partial charge in [0.05, 0.1) is 12.1 Å². The van der Waals surface area contributed by atoms with Gasteiger partial charge in [-0.3, -0.25) is 9.59 Å². The molecular formula is C19H15FN2O2. The zero-order valence-corrected chi connectivity index (χ0v) is 12.8. The number of anilines is 1. The maximum atomic E-state index is 13.0. The van der Waals surface area contributed by atoms with E-state index in [-0.39, 0.29) is 23.8 Å². The minimum atomic E-state index is -0.331. The Hall–Kier alpha value is -3.21. The SMILES string of the molecule is O=C(Nc1ccccc1)c1ccc(=O)n(Cc2ccc(F)cc2)c1. The van der Waals surface area contributed by atoms with Gasteiger partial charge >= 0.3 is 0 Å². The lowest BCUT2D eigenvalue weighted by molar-refractivity contribution is 0.102. The lowest BCUT2D eigenvalue weighted by Gasteiger charge is -2.09. The molecule has 1 heterocycles. The first-order valence-corrected chi connectivity index (χ1v) is 7.43. The van der Waals surface area contributed by atoms with Crippen LogP contribution < -0.4 is 10.9 Å². The molecule has 3 rings (SSSR count). The average molecular weight is 322 g/mol. The molecule has 0 aliphatic rings. The third kappa shape index (κ3) is 3.76. The molecule has 0 saturated heterocycles. The highest BCUT2D eigenvalue weighted by Gasteiger charge is 2.08. The van der Waals surface area contributed by atoms with E-state index in [0.29, 0.717) is 11.3 Å². The van der Waals surface area contributed by atoms with Gasteiger partial charge in [0.1, 0.15) is 5.82 Å². The van der Waals surface area contributed by atoms with Crippen molar-refractivity contribution >= 4 is 11.6 Å². The maximum Gasteiger partial charge on any atom is 0.257 e. The molecule has 5 heteroatoms. The van der Waals surface area contributed by atoms with E-state index in [2.05, 4.69) is 5.32 Å². The third-order valence-corrected chi connectivity index (χ3v) is 3.54. The van der Waals surface area contributed by atoms with Gasteiger partial charge < -0.3 is 9.88 Å². The Kier molecular flexibility index (Phi) is 4.52. The quantitative estimate of drug-likeness (QED) is 0.801. The Balaban J connectivity index is 1.81. The lowest BCUT2D eigenvalue weighted by Crippen LogP contribution is -2.22. The Morgan fingerprint density at radius 3 is 2.38 bits per heavy atom. The molecule has 0 aliphatic heterocycles. The zero-order valence-electron chi connectivity index (χ0n) is 12.8. The van der Waals surface area contributed by atoms with Crippen molar-refractivity contribution in [1.29, 1.82) is 0 Å². The Morgan fingerprint density at radius 1 is 0.958 bits per heavy atom. The van der Waals surface area contributed by atoms with Gasteiger partial charge in [0, 0.05) is 18.0 Å². The van der Waals surface area contributed by atoms with Crippen LogP contribution in [-0.4, -0.2) is 10.5 Å². The van der Waals surface area contributed by atoms with Gasteiger partial charge in [-0.1, -0.05) is 30.3 Å². The highest BCUT2D eigenvalue weighted by atomic mass is 19.1. The fourth-order valence-electron chi connectivity index (χ4n) is 2.30. The van der Waals surface area contributed by atoms with Crippen LogP contribution in [0.1, 0.15) is 15.9 Å². The molecule has 0 bridgehead atoms. The molecule has 3 aromatic rings. The molecule has 0 unspecified atom stereocenters. The number of para-hydroxylation sites is 1. The second kappa shape index (κ2) is 6.91. The largest absolute Gasteiger partial charge is 0.322 e. The number of halogens is 1. The third-order valence-electron chi connectivity index (χ3n) is 3.54. The molecule has 0 spiro atoms. The van der Waals surface area contributed by atoms with Crippen LogP contribution in [0.2, 0.25) is 0 Å². The Bertz CT molecular complexity index is 903. The molecule has 1 N–H and O–H groups in total. The zero-order chi connectivity index (χ0) is 16.9. The topological polar surface area (TPSA) is 51.1 Å². The van der Waals surface area contributed by atoms with Gasteiger partial charge in [0.15, 0.2) is 0 Å². The maximum absolute atomic E-state index is 13.0. The van der Waals surface area contributed by atoms with Crippen LogP contribution in [0, 0.1) is 5.82 Å². The number of hydrogen-bond donors (Lipinski definition) is 1. The van der Waals surface area contributed by atoms with Gasteiger partial charge in [-0.05, 0) is 35.9 Å². The number of benzene rings is 2. The smallest absolute Gasteiger partial charge is 0.257 e. The Labute approximate surface area is 138 Å². The normalized spacial score (nSPS) is 10.4. The number of rotatable bonds is 4. The number of pyridine rings is 1. The fraction of sp³-hybridized carbons (Fsp3) is 0.0526. The van der Waals surface area contributed by atoms with Crippen LogP contribution in [0.25, 0.3) is 0 Å². The average Bonchev–Trinajstić information content (AvgIpc) is 2.59. The number of nitrogens with one attached hydrogen (secondary N) is 1. The van der Waals surface area contributed by atoms with Gasteiger partial charge in [0.25, 0.3) is 11.5 Å². The number of nitrogens with zero attached hydrogens (tertiary/aromatic N) is 1. The number of aromatic nitrogens is 1. The Morgan fingerprint density at radius 2 is 1.67 bits per heavy atom. The summed E-state index contributed by atoms with van der Waals surface area (Å²) in [5, 5.41) is 2.77. The van der Waals surface area contributed by atoms with Gasteiger partial charge in [-0.15, -0.1) is 0 Å². The van der Waals surface area contributed by atoms with E-state index < -0.39 is 0 Å². The van der Waals surface area contributed by atoms with Gasteiger partial charge in [-0.25, -0.2) is 4.39 Å². The van der Waals surface area contributed by atoms with Crippen LogP contribution in [0.4, 0.5) is 10.1 Å². The summed E-state index contributed by atoms with van der Waals surface area (Å²) in [6.45, 7) is 0.269. The highest BCUT2D eigenvalue weighted by Crippen LogP contribution is 2.09. The highest BCUT2D eigenvalue weighted by molar-refractivity contribution is 6.04. The molecule has 1 amide bonds. The second-order valence-corrected chi connectivity index (χ2v) is 5.33. The van der Waals surface area contributed by atoms with E-state index in [9.17, 15) is 14.0 Å². The lowest BCUT2D eigenvalue weighted by atomic mass is 10.2. The first kappa shape index (κ1) is 15.7. The summed E-state index contributed by atoms with van der Waals surface area (Å²) in [4.78, 5) is 24.3. The predicted octanol–water partition coefficient (Wildman–Crippen LogP) is 3.29. The monoisotopic (exact) mass is 322 g/mol. The summed E-state index contributed by atoms with van der Waals surface area (Å²) >= 11 is 0. The molecule has 4 nitrogen and oxygen atoms in total. The molecular weight excluding hydrogens is 307 g/mol. The summed E-state index contributed by atoms with van der Waals surface area (Å²) in [5.41, 5.74) is 1.61. The number of amides is 1. The number of carbonyl (C=O) groups is 1. The summed E-state index contributed by atoms with van der Waals surface area (Å²) in [5.74, 6) is -0.629. The van der Waals surface area contributed by atoms with Crippen LogP contribution in [-0.2, 0) is 6.54 Å². The van der Waals surface area contributed by atoms with Gasteiger partial charge in [0.2, 0.25) is 0 Å². The molecule has 2 aromatic carbocycles. The van der Waals surface area contributed by atoms with Crippen molar-refractivity contribution in [1.82, 2.24) is 4.57 Å². The van der Waals surface area contributed by atoms with Gasteiger partial charge in [-0.2, -0.15) is 0 Å². The number of hydrogen-bond acceptors (Lipinski definition) is 2. The molecule has 0 aliphatic carbocycles. The summed E-state index contributed by atoms with van der Waals surface area (Å²) in [6.07, 6.45) is 1.50. The van der Waals surface area contributed by atoms with Crippen molar-refractivity contribution < 1.29 is 9.18 Å². The van der Waals surface area contributed by atoms with E-state index in [1.807, 2.05) is 18.2 Å². The van der Waals surface area contributed by atoms with Crippen molar-refractivity contribution in [2.24, 2.45) is 0 Å². The van der Waals surface area contributed by atoms with Crippen LogP contribution in [0.3, 0.4) is 0 Å². The number of carbonyl (C=O) groups excluding carboxylic acids is 1. The second-order valence-electron chi connectivity index (χ2n) is 5.33. The van der Waals surface area contributed by atoms with Crippen LogP contribution >= 0.6 is 0 Å². The summed E-state index contributed by atoms with van der Waals surface area (Å²) in [7, 11) is 0. The molecule has 0 atom stereocenters. The van der Waals surface area contributed by atoms with Crippen molar-refractivity contribution in [3.05, 3.63) is 100 Å². The van der Waals surface area contributed by atoms with E-state index in [4.69, 9.17) is 0 Å². The van der Waals surface area contributed by atoms with E-state index in [0.717, 1.165) is 5.56 Å². The van der Waals surface area contributed by atoms with Crippen molar-refractivity contribution in [3.63, 3.8) is 0 Å². The molecule has 24 heavy (non-hydrogen) atoms. The van der Waals surface area contributed by atoms with E-state index in [1.165, 1.54) is 35.0 Å². The molecule has 0 fully saturated rings. The van der Waals surface area contributed by atoms with Crippen molar-refractivity contribution in [2.75, 3.05) is 5.32 Å². The summed E-state index contributed by atoms with van der Waals surface area (Å²) < 4.78 is 14.4. The van der Waals surface area contributed by atoms with Crippen molar-refractivity contribution in [3.8, 4) is 0 Å². The minimum Gasteiger partial charge on any atom is -0.322 e. The van der Waals surface area contributed by atoms with Crippen LogP contribution in [0.5, 0.6) is 0 Å². The molecule has 120 valence electrons. The standard InChI is InChI=1S/C19H15FN2O2/c20-16-9-6-14(7-10-16)12-22-13-15(8-11-18(22)23)19(24)21-17-4-2-1-3-5-17/h1-11,13H,12H2,(H,21,24). The predicted molar refractivity (Wildman–Crippen MR) is 90.6 cm³/mol. The first-order valence-electron chi connectivity index (χ1n) is 7.43. The van der Waals surface area contributed by atoms with E-state index in [1.54, 1.807) is 24.3 Å². The first-order chi connectivity index (χ1) is 11.6.